The summed E-state index contributed by atoms with van der Waals surface area (Å²) in [5.41, 5.74) is -0.149. The maximum atomic E-state index is 6.07. The molecule has 1 atom stereocenters. The summed E-state index contributed by atoms with van der Waals surface area (Å²) in [6.45, 7) is 7.54. The van der Waals surface area contributed by atoms with Crippen molar-refractivity contribution < 1.29 is 4.74 Å². The lowest BCUT2D eigenvalue weighted by Gasteiger charge is -2.38. The molecule has 0 aromatic carbocycles. The second-order valence-corrected chi connectivity index (χ2v) is 6.25. The molecule has 0 aliphatic carbocycles. The summed E-state index contributed by atoms with van der Waals surface area (Å²) >= 11 is 7.71. The fourth-order valence-electron chi connectivity index (χ4n) is 2.38. The third-order valence-corrected chi connectivity index (χ3v) is 4.90. The molecule has 0 spiro atoms. The predicted octanol–water partition coefficient (Wildman–Crippen LogP) is 4.65. The molecular formula is C14H24ClNOS. The third-order valence-electron chi connectivity index (χ3n) is 3.61. The topological polar surface area (TPSA) is 21.3 Å². The quantitative estimate of drug-likeness (QED) is 0.752. The molecule has 1 rings (SSSR count). The zero-order chi connectivity index (χ0) is 13.6. The van der Waals surface area contributed by atoms with E-state index in [1.54, 1.807) is 11.3 Å². The van der Waals surface area contributed by atoms with Crippen molar-refractivity contribution in [2.75, 3.05) is 13.7 Å². The van der Waals surface area contributed by atoms with E-state index in [0.29, 0.717) is 0 Å². The van der Waals surface area contributed by atoms with Crippen molar-refractivity contribution in [3.05, 3.63) is 21.3 Å². The number of thiophene rings is 1. The summed E-state index contributed by atoms with van der Waals surface area (Å²) < 4.78 is 6.70. The molecule has 104 valence electrons. The number of halogens is 1. The van der Waals surface area contributed by atoms with Crippen LogP contribution in [0.2, 0.25) is 4.34 Å². The first-order chi connectivity index (χ1) is 8.63. The van der Waals surface area contributed by atoms with E-state index in [4.69, 9.17) is 16.3 Å². The van der Waals surface area contributed by atoms with E-state index in [1.807, 2.05) is 13.2 Å². The van der Waals surface area contributed by atoms with Crippen LogP contribution in [0.5, 0.6) is 0 Å². The fourth-order valence-corrected chi connectivity index (χ4v) is 3.63. The Labute approximate surface area is 120 Å². The first-order valence-electron chi connectivity index (χ1n) is 6.67. The molecule has 0 aliphatic rings. The van der Waals surface area contributed by atoms with Crippen molar-refractivity contribution in [3.8, 4) is 0 Å². The van der Waals surface area contributed by atoms with Gasteiger partial charge in [0, 0.05) is 12.0 Å². The first kappa shape index (κ1) is 16.0. The van der Waals surface area contributed by atoms with Gasteiger partial charge in [-0.3, -0.25) is 0 Å². The van der Waals surface area contributed by atoms with Gasteiger partial charge in [0.1, 0.15) is 0 Å². The molecular weight excluding hydrogens is 266 g/mol. The molecule has 1 N–H and O–H groups in total. The van der Waals surface area contributed by atoms with Gasteiger partial charge in [0.15, 0.2) is 0 Å². The van der Waals surface area contributed by atoms with Crippen LogP contribution in [0.4, 0.5) is 0 Å². The van der Waals surface area contributed by atoms with E-state index in [0.717, 1.165) is 30.1 Å². The lowest BCUT2D eigenvalue weighted by atomic mass is 9.87. The molecule has 1 aromatic heterocycles. The van der Waals surface area contributed by atoms with Gasteiger partial charge in [-0.2, -0.15) is 0 Å². The summed E-state index contributed by atoms with van der Waals surface area (Å²) in [5.74, 6) is 0. The van der Waals surface area contributed by atoms with E-state index in [2.05, 4.69) is 32.2 Å². The summed E-state index contributed by atoms with van der Waals surface area (Å²) in [6.07, 6.45) is 3.08. The Bertz CT molecular complexity index is 341. The molecule has 1 unspecified atom stereocenters. The molecule has 0 fully saturated rings. The van der Waals surface area contributed by atoms with Crippen LogP contribution in [0.1, 0.15) is 51.0 Å². The standard InChI is InChI=1S/C14H24ClNOS/c1-5-10-16-13(11-8-9-12(15)18-11)14(6-2,7-3)17-4/h8-9,13,16H,5-7,10H2,1-4H3. The number of rotatable bonds is 8. The second-order valence-electron chi connectivity index (χ2n) is 4.51. The summed E-state index contributed by atoms with van der Waals surface area (Å²) in [5, 5.41) is 3.62. The van der Waals surface area contributed by atoms with Crippen LogP contribution in [0.15, 0.2) is 12.1 Å². The van der Waals surface area contributed by atoms with E-state index in [-0.39, 0.29) is 11.6 Å². The normalized spacial score (nSPS) is 13.8. The molecule has 0 bridgehead atoms. The van der Waals surface area contributed by atoms with Crippen molar-refractivity contribution in [2.24, 2.45) is 0 Å². The minimum absolute atomic E-state index is 0.149. The van der Waals surface area contributed by atoms with Crippen LogP contribution >= 0.6 is 22.9 Å². The van der Waals surface area contributed by atoms with Gasteiger partial charge in [0.25, 0.3) is 0 Å². The van der Waals surface area contributed by atoms with Gasteiger partial charge >= 0.3 is 0 Å². The molecule has 0 saturated carbocycles. The highest BCUT2D eigenvalue weighted by Crippen LogP contribution is 2.38. The number of nitrogens with one attached hydrogen (secondary N) is 1. The number of hydrogen-bond acceptors (Lipinski definition) is 3. The van der Waals surface area contributed by atoms with Crippen molar-refractivity contribution in [3.63, 3.8) is 0 Å². The van der Waals surface area contributed by atoms with Gasteiger partial charge in [0.2, 0.25) is 0 Å². The highest BCUT2D eigenvalue weighted by atomic mass is 35.5. The Morgan fingerprint density at radius 2 is 2.00 bits per heavy atom. The maximum Gasteiger partial charge on any atom is 0.0931 e. The smallest absolute Gasteiger partial charge is 0.0931 e. The van der Waals surface area contributed by atoms with Crippen LogP contribution in [0.25, 0.3) is 0 Å². The Morgan fingerprint density at radius 1 is 1.33 bits per heavy atom. The molecule has 0 saturated heterocycles. The molecule has 2 nitrogen and oxygen atoms in total. The minimum Gasteiger partial charge on any atom is -0.376 e. The van der Waals surface area contributed by atoms with E-state index >= 15 is 0 Å². The fraction of sp³-hybridized carbons (Fsp3) is 0.714. The lowest BCUT2D eigenvalue weighted by molar-refractivity contribution is -0.0476. The molecule has 18 heavy (non-hydrogen) atoms. The first-order valence-corrected chi connectivity index (χ1v) is 7.86. The highest BCUT2D eigenvalue weighted by Gasteiger charge is 2.37. The zero-order valence-electron chi connectivity index (χ0n) is 11.8. The maximum absolute atomic E-state index is 6.07. The average Bonchev–Trinajstić information content (AvgIpc) is 2.81. The van der Waals surface area contributed by atoms with Gasteiger partial charge in [-0.1, -0.05) is 32.4 Å². The molecule has 1 aromatic rings. The van der Waals surface area contributed by atoms with Gasteiger partial charge in [-0.05, 0) is 37.9 Å². The van der Waals surface area contributed by atoms with Crippen LogP contribution in [0.3, 0.4) is 0 Å². The van der Waals surface area contributed by atoms with Crippen LogP contribution in [0, 0.1) is 0 Å². The van der Waals surface area contributed by atoms with Crippen molar-refractivity contribution >= 4 is 22.9 Å². The van der Waals surface area contributed by atoms with E-state index in [1.165, 1.54) is 4.88 Å². The zero-order valence-corrected chi connectivity index (χ0v) is 13.3. The Morgan fingerprint density at radius 3 is 2.39 bits per heavy atom. The molecule has 1 heterocycles. The van der Waals surface area contributed by atoms with E-state index < -0.39 is 0 Å². The summed E-state index contributed by atoms with van der Waals surface area (Å²) in [4.78, 5) is 1.26. The van der Waals surface area contributed by atoms with Crippen LogP contribution in [-0.4, -0.2) is 19.3 Å². The average molecular weight is 290 g/mol. The second kappa shape index (κ2) is 7.49. The molecule has 4 heteroatoms. The molecule has 0 aliphatic heterocycles. The molecule has 0 radical (unpaired) electrons. The van der Waals surface area contributed by atoms with E-state index in [9.17, 15) is 0 Å². The van der Waals surface area contributed by atoms with Crippen LogP contribution in [-0.2, 0) is 4.74 Å². The number of hydrogen-bond donors (Lipinski definition) is 1. The van der Waals surface area contributed by atoms with Crippen molar-refractivity contribution in [2.45, 2.75) is 51.7 Å². The Hall–Kier alpha value is -0.0900. The van der Waals surface area contributed by atoms with Gasteiger partial charge in [-0.15, -0.1) is 11.3 Å². The SMILES string of the molecule is CCCNC(c1ccc(Cl)s1)C(CC)(CC)OC. The Balaban J connectivity index is 3.02. The minimum atomic E-state index is -0.149. The van der Waals surface area contributed by atoms with Crippen molar-refractivity contribution in [1.82, 2.24) is 5.32 Å². The summed E-state index contributed by atoms with van der Waals surface area (Å²) in [6, 6.07) is 4.29. The third kappa shape index (κ3) is 3.47. The lowest BCUT2D eigenvalue weighted by Crippen LogP contribution is -2.44. The summed E-state index contributed by atoms with van der Waals surface area (Å²) in [7, 11) is 1.81. The monoisotopic (exact) mass is 289 g/mol. The van der Waals surface area contributed by atoms with Gasteiger partial charge in [-0.25, -0.2) is 0 Å². The number of methoxy groups -OCH3 is 1. The van der Waals surface area contributed by atoms with Gasteiger partial charge < -0.3 is 10.1 Å². The highest BCUT2D eigenvalue weighted by molar-refractivity contribution is 7.16. The largest absolute Gasteiger partial charge is 0.376 e. The van der Waals surface area contributed by atoms with Crippen molar-refractivity contribution in [1.29, 1.82) is 0 Å². The van der Waals surface area contributed by atoms with Crippen LogP contribution < -0.4 is 5.32 Å². The molecule has 0 amide bonds. The number of ether oxygens (including phenoxy) is 1. The predicted molar refractivity (Wildman–Crippen MR) is 80.7 cm³/mol. The Kier molecular flexibility index (Phi) is 6.64. The van der Waals surface area contributed by atoms with Gasteiger partial charge in [0.05, 0.1) is 16.0 Å².